The zero-order chi connectivity index (χ0) is 15.2. The highest BCUT2D eigenvalue weighted by atomic mass is 35.5. The second-order valence-corrected chi connectivity index (χ2v) is 4.83. The molecule has 2 aromatic rings. The molecule has 5 heteroatoms. The Kier molecular flexibility index (Phi) is 5.31. The minimum absolute atomic E-state index is 0.323. The van der Waals surface area contributed by atoms with Crippen LogP contribution in [-0.2, 0) is 9.53 Å². The Morgan fingerprint density at radius 1 is 1.52 bits per heavy atom. The Hall–Kier alpha value is -1.91. The van der Waals surface area contributed by atoms with Gasteiger partial charge in [0.15, 0.2) is 0 Å². The van der Waals surface area contributed by atoms with Crippen molar-refractivity contribution >= 4 is 28.5 Å². The lowest BCUT2D eigenvalue weighted by Crippen LogP contribution is -2.30. The lowest BCUT2D eigenvalue weighted by molar-refractivity contribution is -0.145. The van der Waals surface area contributed by atoms with E-state index in [4.69, 9.17) is 16.3 Å². The molecule has 1 aromatic carbocycles. The number of ether oxygens (including phenoxy) is 1. The van der Waals surface area contributed by atoms with E-state index in [9.17, 15) is 4.79 Å². The van der Waals surface area contributed by atoms with Gasteiger partial charge in [-0.15, -0.1) is 6.58 Å². The smallest absolute Gasteiger partial charge is 0.327 e. The Labute approximate surface area is 128 Å². The van der Waals surface area contributed by atoms with Gasteiger partial charge in [0.25, 0.3) is 0 Å². The molecule has 1 atom stereocenters. The van der Waals surface area contributed by atoms with Crippen molar-refractivity contribution in [3.8, 4) is 0 Å². The number of nitrogens with one attached hydrogen (secondary N) is 1. The van der Waals surface area contributed by atoms with Gasteiger partial charge in [-0.05, 0) is 25.1 Å². The summed E-state index contributed by atoms with van der Waals surface area (Å²) in [6.07, 6.45) is 3.37. The van der Waals surface area contributed by atoms with Crippen molar-refractivity contribution in [1.29, 1.82) is 0 Å². The molecule has 0 saturated carbocycles. The highest BCUT2D eigenvalue weighted by Gasteiger charge is 2.24. The minimum atomic E-state index is -0.599. The number of esters is 1. The molecule has 1 unspecified atom stereocenters. The van der Waals surface area contributed by atoms with Gasteiger partial charge < -0.3 is 4.74 Å². The maximum absolute atomic E-state index is 12.2. The third-order valence-electron chi connectivity index (χ3n) is 3.05. The summed E-state index contributed by atoms with van der Waals surface area (Å²) >= 11 is 6.19. The van der Waals surface area contributed by atoms with E-state index in [1.807, 2.05) is 12.1 Å². The molecule has 0 aliphatic carbocycles. The predicted octanol–water partition coefficient (Wildman–Crippen LogP) is 3.27. The molecule has 0 saturated heterocycles. The number of aromatic nitrogens is 1. The number of carbonyl (C=O) groups excluding carboxylic acids is 1. The number of hydrogen-bond donors (Lipinski definition) is 1. The van der Waals surface area contributed by atoms with E-state index < -0.39 is 6.04 Å². The quantitative estimate of drug-likeness (QED) is 0.657. The van der Waals surface area contributed by atoms with E-state index >= 15 is 0 Å². The van der Waals surface area contributed by atoms with Gasteiger partial charge in [0, 0.05) is 28.7 Å². The lowest BCUT2D eigenvalue weighted by atomic mass is 10.0. The third kappa shape index (κ3) is 3.40. The summed E-state index contributed by atoms with van der Waals surface area (Å²) in [7, 11) is 0. The average Bonchev–Trinajstić information content (AvgIpc) is 2.50. The van der Waals surface area contributed by atoms with Crippen molar-refractivity contribution in [1.82, 2.24) is 10.3 Å². The summed E-state index contributed by atoms with van der Waals surface area (Å²) in [6, 6.07) is 6.66. The topological polar surface area (TPSA) is 51.2 Å². The zero-order valence-corrected chi connectivity index (χ0v) is 12.6. The number of benzene rings is 1. The monoisotopic (exact) mass is 304 g/mol. The van der Waals surface area contributed by atoms with Crippen LogP contribution in [0.15, 0.2) is 43.1 Å². The molecular weight excluding hydrogens is 288 g/mol. The van der Waals surface area contributed by atoms with E-state index in [1.165, 1.54) is 0 Å². The number of carbonyl (C=O) groups is 1. The summed E-state index contributed by atoms with van der Waals surface area (Å²) in [5, 5.41) is 4.52. The van der Waals surface area contributed by atoms with E-state index in [0.717, 1.165) is 10.9 Å². The molecule has 1 N–H and O–H groups in total. The van der Waals surface area contributed by atoms with Gasteiger partial charge >= 0.3 is 5.97 Å². The number of fused-ring (bicyclic) bond motifs is 1. The van der Waals surface area contributed by atoms with Crippen molar-refractivity contribution < 1.29 is 9.53 Å². The van der Waals surface area contributed by atoms with Crippen molar-refractivity contribution in [3.05, 3.63) is 53.7 Å². The largest absolute Gasteiger partial charge is 0.465 e. The Balaban J connectivity index is 2.51. The fourth-order valence-electron chi connectivity index (χ4n) is 2.14. The Morgan fingerprint density at radius 3 is 3.05 bits per heavy atom. The van der Waals surface area contributed by atoms with Crippen LogP contribution in [-0.4, -0.2) is 24.1 Å². The minimum Gasteiger partial charge on any atom is -0.465 e. The zero-order valence-electron chi connectivity index (χ0n) is 11.8. The predicted molar refractivity (Wildman–Crippen MR) is 84.3 cm³/mol. The van der Waals surface area contributed by atoms with Crippen molar-refractivity contribution in [2.24, 2.45) is 0 Å². The number of rotatable bonds is 6. The first-order chi connectivity index (χ1) is 10.2. The maximum atomic E-state index is 12.2. The number of hydrogen-bond acceptors (Lipinski definition) is 4. The van der Waals surface area contributed by atoms with Crippen LogP contribution in [0.25, 0.3) is 10.9 Å². The molecule has 1 heterocycles. The first-order valence-electron chi connectivity index (χ1n) is 6.73. The van der Waals surface area contributed by atoms with Crippen LogP contribution in [0.3, 0.4) is 0 Å². The lowest BCUT2D eigenvalue weighted by Gasteiger charge is -2.18. The van der Waals surface area contributed by atoms with Crippen molar-refractivity contribution in [3.63, 3.8) is 0 Å². The highest BCUT2D eigenvalue weighted by Crippen LogP contribution is 2.29. The van der Waals surface area contributed by atoms with E-state index in [2.05, 4.69) is 16.9 Å². The van der Waals surface area contributed by atoms with Gasteiger partial charge in [0.05, 0.1) is 12.1 Å². The molecule has 0 aliphatic rings. The molecule has 0 bridgehead atoms. The van der Waals surface area contributed by atoms with Crippen LogP contribution < -0.4 is 5.32 Å². The van der Waals surface area contributed by atoms with Crippen LogP contribution in [0.5, 0.6) is 0 Å². The second kappa shape index (κ2) is 7.20. The molecular formula is C16H17ClN2O2. The first-order valence-corrected chi connectivity index (χ1v) is 7.10. The molecule has 4 nitrogen and oxygen atoms in total. The van der Waals surface area contributed by atoms with Gasteiger partial charge in [-0.2, -0.15) is 0 Å². The summed E-state index contributed by atoms with van der Waals surface area (Å²) in [5.74, 6) is -0.339. The highest BCUT2D eigenvalue weighted by molar-refractivity contribution is 6.35. The molecule has 0 fully saturated rings. The Bertz CT molecular complexity index is 658. The van der Waals surface area contributed by atoms with Crippen LogP contribution in [0.2, 0.25) is 5.02 Å². The standard InChI is InChI=1S/C16H17ClN2O2/c1-3-9-18-15(16(20)21-4-2)12-7-8-13(17)11-6-5-10-19-14(11)12/h3,5-8,10,15,18H,1,4,9H2,2H3. The van der Waals surface area contributed by atoms with Gasteiger partial charge in [0.1, 0.15) is 6.04 Å². The summed E-state index contributed by atoms with van der Waals surface area (Å²) in [4.78, 5) is 16.6. The summed E-state index contributed by atoms with van der Waals surface area (Å²) < 4.78 is 5.14. The number of halogens is 1. The van der Waals surface area contributed by atoms with Crippen LogP contribution in [0.4, 0.5) is 0 Å². The van der Waals surface area contributed by atoms with Crippen LogP contribution >= 0.6 is 11.6 Å². The molecule has 2 rings (SSSR count). The average molecular weight is 305 g/mol. The summed E-state index contributed by atoms with van der Waals surface area (Å²) in [5.41, 5.74) is 1.44. The molecule has 0 radical (unpaired) electrons. The first kappa shape index (κ1) is 15.5. The molecule has 0 spiro atoms. The number of nitrogens with zero attached hydrogens (tertiary/aromatic N) is 1. The van der Waals surface area contributed by atoms with Gasteiger partial charge in [-0.1, -0.05) is 23.7 Å². The van der Waals surface area contributed by atoms with E-state index in [-0.39, 0.29) is 5.97 Å². The normalized spacial score (nSPS) is 12.1. The van der Waals surface area contributed by atoms with E-state index in [0.29, 0.717) is 23.7 Å². The summed E-state index contributed by atoms with van der Waals surface area (Å²) in [6.45, 7) is 6.25. The maximum Gasteiger partial charge on any atom is 0.327 e. The van der Waals surface area contributed by atoms with Gasteiger partial charge in [-0.25, -0.2) is 4.79 Å². The van der Waals surface area contributed by atoms with Crippen LogP contribution in [0.1, 0.15) is 18.5 Å². The van der Waals surface area contributed by atoms with Gasteiger partial charge in [0.2, 0.25) is 0 Å². The third-order valence-corrected chi connectivity index (χ3v) is 3.38. The van der Waals surface area contributed by atoms with Gasteiger partial charge in [-0.3, -0.25) is 10.3 Å². The molecule has 21 heavy (non-hydrogen) atoms. The second-order valence-electron chi connectivity index (χ2n) is 4.42. The number of pyridine rings is 1. The molecule has 0 amide bonds. The van der Waals surface area contributed by atoms with Crippen LogP contribution in [0, 0.1) is 0 Å². The van der Waals surface area contributed by atoms with E-state index in [1.54, 1.807) is 31.3 Å². The Morgan fingerprint density at radius 2 is 2.33 bits per heavy atom. The van der Waals surface area contributed by atoms with Crippen molar-refractivity contribution in [2.75, 3.05) is 13.2 Å². The molecule has 110 valence electrons. The van der Waals surface area contributed by atoms with Crippen molar-refractivity contribution in [2.45, 2.75) is 13.0 Å². The fourth-order valence-corrected chi connectivity index (χ4v) is 2.36. The fraction of sp³-hybridized carbons (Fsp3) is 0.250. The SMILES string of the molecule is C=CCNC(C(=O)OCC)c1ccc(Cl)c2cccnc12. The molecule has 1 aromatic heterocycles. The molecule has 0 aliphatic heterocycles.